The van der Waals surface area contributed by atoms with Crippen molar-refractivity contribution < 1.29 is 0 Å². The zero-order valence-corrected chi connectivity index (χ0v) is 21.1. The topological polar surface area (TPSA) is 24.1 Å². The molecule has 0 saturated carbocycles. The third kappa shape index (κ3) is 4.69. The minimum absolute atomic E-state index is 0.705. The van der Waals surface area contributed by atoms with E-state index in [1.807, 2.05) is 30.3 Å². The van der Waals surface area contributed by atoms with Gasteiger partial charge in [0.1, 0.15) is 4.99 Å². The first-order chi connectivity index (χ1) is 18.3. The predicted molar refractivity (Wildman–Crippen MR) is 162 cm³/mol. The monoisotopic (exact) mass is 494 g/mol. The molecule has 178 valence electrons. The molecule has 0 atom stereocenters. The first-order valence-electron chi connectivity index (χ1n) is 12.5. The molecule has 6 aromatic carbocycles. The third-order valence-corrected chi connectivity index (χ3v) is 7.06. The van der Waals surface area contributed by atoms with Crippen molar-refractivity contribution in [2.45, 2.75) is 6.54 Å². The van der Waals surface area contributed by atoms with E-state index in [0.29, 0.717) is 4.99 Å². The van der Waals surface area contributed by atoms with E-state index < -0.39 is 0 Å². The lowest BCUT2D eigenvalue weighted by Gasteiger charge is -2.21. The number of anilines is 2. The van der Waals surface area contributed by atoms with E-state index in [9.17, 15) is 0 Å². The van der Waals surface area contributed by atoms with E-state index in [0.717, 1.165) is 29.0 Å². The lowest BCUT2D eigenvalue weighted by Crippen LogP contribution is -2.11. The Morgan fingerprint density at radius 3 is 1.68 bits per heavy atom. The summed E-state index contributed by atoms with van der Waals surface area (Å²) in [5.74, 6) is 0. The van der Waals surface area contributed by atoms with Crippen LogP contribution in [0.5, 0.6) is 0 Å². The number of thiocarbonyl (C=S) groups is 1. The fourth-order valence-corrected chi connectivity index (χ4v) is 5.16. The van der Waals surface area contributed by atoms with Gasteiger partial charge in [-0.1, -0.05) is 134 Å². The second-order valence-corrected chi connectivity index (χ2v) is 9.49. The van der Waals surface area contributed by atoms with Gasteiger partial charge in [-0.15, -0.1) is 0 Å². The van der Waals surface area contributed by atoms with Gasteiger partial charge >= 0.3 is 0 Å². The van der Waals surface area contributed by atoms with Crippen molar-refractivity contribution in [3.05, 3.63) is 145 Å². The maximum Gasteiger partial charge on any atom is 0.111 e. The molecule has 0 radical (unpaired) electrons. The molecular formula is C34H26N2S. The number of hydrogen-bond donors (Lipinski definition) is 2. The van der Waals surface area contributed by atoms with E-state index in [4.69, 9.17) is 12.2 Å². The van der Waals surface area contributed by atoms with Gasteiger partial charge in [-0.25, -0.2) is 0 Å². The van der Waals surface area contributed by atoms with E-state index in [2.05, 4.69) is 114 Å². The normalized spacial score (nSPS) is 10.9. The van der Waals surface area contributed by atoms with Crippen LogP contribution in [0.1, 0.15) is 11.1 Å². The second kappa shape index (κ2) is 10.3. The molecule has 2 nitrogen and oxygen atoms in total. The third-order valence-electron chi connectivity index (χ3n) is 6.72. The van der Waals surface area contributed by atoms with E-state index in [1.165, 1.54) is 32.7 Å². The predicted octanol–water partition coefficient (Wildman–Crippen LogP) is 9.06. The fraction of sp³-hybridized carbons (Fsp3) is 0.0294. The Morgan fingerprint density at radius 1 is 0.514 bits per heavy atom. The summed E-state index contributed by atoms with van der Waals surface area (Å²) >= 11 is 5.85. The van der Waals surface area contributed by atoms with Crippen LogP contribution in [0.25, 0.3) is 32.7 Å². The average Bonchev–Trinajstić information content (AvgIpc) is 2.97. The molecule has 6 aromatic rings. The van der Waals surface area contributed by atoms with E-state index in [1.54, 1.807) is 0 Å². The van der Waals surface area contributed by atoms with Crippen molar-refractivity contribution >= 4 is 50.1 Å². The van der Waals surface area contributed by atoms with Crippen LogP contribution in [-0.4, -0.2) is 4.99 Å². The Morgan fingerprint density at radius 2 is 1.03 bits per heavy atom. The Bertz CT molecular complexity index is 1710. The van der Waals surface area contributed by atoms with Gasteiger partial charge in [-0.05, 0) is 39.2 Å². The molecule has 3 heteroatoms. The maximum absolute atomic E-state index is 5.85. The second-order valence-electron chi connectivity index (χ2n) is 9.08. The van der Waals surface area contributed by atoms with Crippen molar-refractivity contribution in [3.63, 3.8) is 0 Å². The highest BCUT2D eigenvalue weighted by Gasteiger charge is 2.18. The van der Waals surface area contributed by atoms with E-state index >= 15 is 0 Å². The number of fused-ring (bicyclic) bond motifs is 2. The minimum Gasteiger partial charge on any atom is -0.380 e. The molecule has 0 aliphatic carbocycles. The van der Waals surface area contributed by atoms with Gasteiger partial charge in [-0.3, -0.25) is 0 Å². The molecular weight excluding hydrogens is 468 g/mol. The molecule has 6 rings (SSSR count). The van der Waals surface area contributed by atoms with Crippen LogP contribution in [0.4, 0.5) is 11.4 Å². The van der Waals surface area contributed by atoms with Crippen LogP contribution < -0.4 is 10.6 Å². The Labute approximate surface area is 222 Å². The summed E-state index contributed by atoms with van der Waals surface area (Å²) in [7, 11) is 0. The zero-order chi connectivity index (χ0) is 25.0. The number of rotatable bonds is 6. The standard InChI is InChI=1S/C34H26N2S/c37-34(27-15-5-2-6-16-27)36-31-22-20-26-14-8-10-18-29(26)33(31)32-28-17-9-7-13-25(28)19-21-30(32)35-23-24-11-3-1-4-12-24/h1-22,35H,23H2,(H,36,37). The molecule has 0 unspecified atom stereocenters. The smallest absolute Gasteiger partial charge is 0.111 e. The summed E-state index contributed by atoms with van der Waals surface area (Å²) in [5.41, 5.74) is 6.63. The molecule has 0 aromatic heterocycles. The van der Waals surface area contributed by atoms with Crippen LogP contribution >= 0.6 is 12.2 Å². The van der Waals surface area contributed by atoms with Crippen molar-refractivity contribution in [3.8, 4) is 11.1 Å². The molecule has 0 fully saturated rings. The molecule has 0 saturated heterocycles. The lowest BCUT2D eigenvalue weighted by molar-refractivity contribution is 1.15. The summed E-state index contributed by atoms with van der Waals surface area (Å²) in [5, 5.41) is 12.1. The first kappa shape index (κ1) is 23.0. The van der Waals surface area contributed by atoms with Crippen LogP contribution in [0, 0.1) is 0 Å². The molecule has 2 N–H and O–H groups in total. The van der Waals surface area contributed by atoms with Crippen LogP contribution in [-0.2, 0) is 6.54 Å². The van der Waals surface area contributed by atoms with Gasteiger partial charge < -0.3 is 10.6 Å². The van der Waals surface area contributed by atoms with Gasteiger partial charge in [0, 0.05) is 34.6 Å². The fourth-order valence-electron chi connectivity index (χ4n) is 4.91. The molecule has 0 amide bonds. The highest BCUT2D eigenvalue weighted by atomic mass is 32.1. The summed E-state index contributed by atoms with van der Waals surface area (Å²) in [4.78, 5) is 0.705. The van der Waals surface area contributed by atoms with Gasteiger partial charge in [0.2, 0.25) is 0 Å². The maximum atomic E-state index is 5.85. The summed E-state index contributed by atoms with van der Waals surface area (Å²) < 4.78 is 0. The van der Waals surface area contributed by atoms with Crippen LogP contribution in [0.3, 0.4) is 0 Å². The van der Waals surface area contributed by atoms with Crippen molar-refractivity contribution in [1.82, 2.24) is 0 Å². The van der Waals surface area contributed by atoms with Crippen LogP contribution in [0.2, 0.25) is 0 Å². The largest absolute Gasteiger partial charge is 0.380 e. The summed E-state index contributed by atoms with van der Waals surface area (Å²) in [6, 6.07) is 46.5. The number of hydrogen-bond acceptors (Lipinski definition) is 2. The van der Waals surface area contributed by atoms with Crippen LogP contribution in [0.15, 0.2) is 133 Å². The Balaban J connectivity index is 1.56. The molecule has 0 heterocycles. The Hall–Kier alpha value is -4.47. The SMILES string of the molecule is S=C(Nc1ccc2ccccc2c1-c1c(NCc2ccccc2)ccc2ccccc12)c1ccccc1. The quantitative estimate of drug-likeness (QED) is 0.226. The van der Waals surface area contributed by atoms with E-state index in [-0.39, 0.29) is 0 Å². The average molecular weight is 495 g/mol. The Kier molecular flexibility index (Phi) is 6.36. The summed E-state index contributed by atoms with van der Waals surface area (Å²) in [6.45, 7) is 0.738. The molecule has 0 aliphatic rings. The molecule has 0 spiro atoms. The van der Waals surface area contributed by atoms with Gasteiger partial charge in [-0.2, -0.15) is 0 Å². The molecule has 0 aliphatic heterocycles. The van der Waals surface area contributed by atoms with Gasteiger partial charge in [0.15, 0.2) is 0 Å². The summed E-state index contributed by atoms with van der Waals surface area (Å²) in [6.07, 6.45) is 0. The minimum atomic E-state index is 0.705. The van der Waals surface area contributed by atoms with Crippen molar-refractivity contribution in [2.24, 2.45) is 0 Å². The van der Waals surface area contributed by atoms with Crippen molar-refractivity contribution in [1.29, 1.82) is 0 Å². The first-order valence-corrected chi connectivity index (χ1v) is 12.9. The zero-order valence-electron chi connectivity index (χ0n) is 20.3. The molecule has 37 heavy (non-hydrogen) atoms. The van der Waals surface area contributed by atoms with Crippen molar-refractivity contribution in [2.75, 3.05) is 10.6 Å². The highest BCUT2D eigenvalue weighted by Crippen LogP contribution is 2.43. The molecule has 0 bridgehead atoms. The highest BCUT2D eigenvalue weighted by molar-refractivity contribution is 7.81. The van der Waals surface area contributed by atoms with Gasteiger partial charge in [0.05, 0.1) is 0 Å². The lowest BCUT2D eigenvalue weighted by atomic mass is 9.90. The number of benzene rings is 6. The van der Waals surface area contributed by atoms with Gasteiger partial charge in [0.25, 0.3) is 0 Å². The number of nitrogens with one attached hydrogen (secondary N) is 2.